The van der Waals surface area contributed by atoms with Crippen LogP contribution < -0.4 is 11.3 Å². The van der Waals surface area contributed by atoms with E-state index in [9.17, 15) is 0 Å². The van der Waals surface area contributed by atoms with Gasteiger partial charge in [0, 0.05) is 12.7 Å². The predicted octanol–water partition coefficient (Wildman–Crippen LogP) is 2.07. The number of hydrogen-bond donors (Lipinski definition) is 2. The van der Waals surface area contributed by atoms with E-state index >= 15 is 0 Å². The van der Waals surface area contributed by atoms with E-state index in [1.807, 2.05) is 16.9 Å². The van der Waals surface area contributed by atoms with Gasteiger partial charge in [0.2, 0.25) is 0 Å². The molecule has 4 heteroatoms. The molecule has 1 unspecified atom stereocenters. The van der Waals surface area contributed by atoms with Crippen molar-refractivity contribution in [3.8, 4) is 0 Å². The molecule has 1 atom stereocenters. The quantitative estimate of drug-likeness (QED) is 0.639. The van der Waals surface area contributed by atoms with E-state index in [0.717, 1.165) is 12.2 Å². The fourth-order valence-corrected chi connectivity index (χ4v) is 2.26. The van der Waals surface area contributed by atoms with Crippen LogP contribution in [0.3, 0.4) is 0 Å². The fraction of sp³-hybridized carbons (Fsp3) is 0.357. The van der Waals surface area contributed by atoms with E-state index in [0.29, 0.717) is 0 Å². The molecule has 0 amide bonds. The van der Waals surface area contributed by atoms with Crippen molar-refractivity contribution in [3.05, 3.63) is 52.8 Å². The minimum atomic E-state index is -0.0210. The van der Waals surface area contributed by atoms with Crippen LogP contribution in [0.25, 0.3) is 0 Å². The highest BCUT2D eigenvalue weighted by Crippen LogP contribution is 2.25. The number of nitrogens with zero attached hydrogens (tertiary/aromatic N) is 2. The number of nitrogens with two attached hydrogens (primary N) is 1. The summed E-state index contributed by atoms with van der Waals surface area (Å²) in [6, 6.07) is 8.40. The van der Waals surface area contributed by atoms with Crippen LogP contribution in [0.4, 0.5) is 0 Å². The van der Waals surface area contributed by atoms with Gasteiger partial charge in [-0.1, -0.05) is 23.8 Å². The first-order valence-corrected chi connectivity index (χ1v) is 6.22. The van der Waals surface area contributed by atoms with Crippen molar-refractivity contribution in [2.45, 2.75) is 33.4 Å². The molecule has 0 radical (unpaired) electrons. The maximum absolute atomic E-state index is 5.75. The smallest absolute Gasteiger partial charge is 0.0880 e. The van der Waals surface area contributed by atoms with Gasteiger partial charge in [-0.25, -0.2) is 5.43 Å². The molecule has 1 heterocycles. The molecule has 3 N–H and O–H groups in total. The molecular weight excluding hydrogens is 224 g/mol. The van der Waals surface area contributed by atoms with Gasteiger partial charge >= 0.3 is 0 Å². The maximum atomic E-state index is 5.75. The van der Waals surface area contributed by atoms with Crippen molar-refractivity contribution in [2.75, 3.05) is 0 Å². The second-order valence-corrected chi connectivity index (χ2v) is 4.53. The summed E-state index contributed by atoms with van der Waals surface area (Å²) in [5, 5.41) is 4.30. The molecule has 1 aromatic carbocycles. The number of hydrazine groups is 1. The Balaban J connectivity index is 2.48. The molecule has 4 nitrogen and oxygen atoms in total. The van der Waals surface area contributed by atoms with Crippen LogP contribution in [0.2, 0.25) is 0 Å². The number of aromatic nitrogens is 2. The topological polar surface area (TPSA) is 55.9 Å². The van der Waals surface area contributed by atoms with E-state index in [1.54, 1.807) is 0 Å². The van der Waals surface area contributed by atoms with Crippen molar-refractivity contribution in [1.29, 1.82) is 0 Å². The Hall–Kier alpha value is -1.65. The number of nitrogens with one attached hydrogen (secondary N) is 1. The second-order valence-electron chi connectivity index (χ2n) is 4.53. The lowest BCUT2D eigenvalue weighted by Crippen LogP contribution is -2.31. The number of aryl methyl sites for hydroxylation is 3. The molecule has 0 aliphatic heterocycles. The Morgan fingerprint density at radius 1 is 1.33 bits per heavy atom. The molecule has 0 bridgehead atoms. The average Bonchev–Trinajstić information content (AvgIpc) is 2.83. The zero-order valence-electron chi connectivity index (χ0n) is 11.1. The highest BCUT2D eigenvalue weighted by Gasteiger charge is 2.18. The molecule has 2 aromatic rings. The summed E-state index contributed by atoms with van der Waals surface area (Å²) in [4.78, 5) is 0. The Morgan fingerprint density at radius 3 is 2.78 bits per heavy atom. The third-order valence-electron chi connectivity index (χ3n) is 3.26. The first-order valence-electron chi connectivity index (χ1n) is 6.22. The van der Waals surface area contributed by atoms with E-state index < -0.39 is 0 Å². The summed E-state index contributed by atoms with van der Waals surface area (Å²) < 4.78 is 1.96. The molecule has 0 aliphatic carbocycles. The molecule has 1 aromatic heterocycles. The van der Waals surface area contributed by atoms with Gasteiger partial charge in [0.05, 0.1) is 11.7 Å². The molecule has 0 saturated heterocycles. The van der Waals surface area contributed by atoms with Crippen LogP contribution in [0.5, 0.6) is 0 Å². The standard InChI is InChI=1S/C14H20N4/c1-4-18-13(7-8-16-18)14(17-15)12-9-10(2)5-6-11(12)3/h5-9,14,17H,4,15H2,1-3H3. The molecule has 0 spiro atoms. The van der Waals surface area contributed by atoms with Crippen LogP contribution in [0.1, 0.15) is 35.3 Å². The van der Waals surface area contributed by atoms with Crippen molar-refractivity contribution < 1.29 is 0 Å². The molecule has 2 rings (SSSR count). The van der Waals surface area contributed by atoms with Crippen molar-refractivity contribution >= 4 is 0 Å². The lowest BCUT2D eigenvalue weighted by atomic mass is 9.97. The summed E-state index contributed by atoms with van der Waals surface area (Å²) >= 11 is 0. The summed E-state index contributed by atoms with van der Waals surface area (Å²) in [5.74, 6) is 5.75. The highest BCUT2D eigenvalue weighted by molar-refractivity contribution is 5.37. The Kier molecular flexibility index (Phi) is 3.79. The first-order chi connectivity index (χ1) is 8.67. The van der Waals surface area contributed by atoms with E-state index in [-0.39, 0.29) is 6.04 Å². The van der Waals surface area contributed by atoms with Gasteiger partial charge in [-0.15, -0.1) is 0 Å². The molecule has 0 fully saturated rings. The fourth-order valence-electron chi connectivity index (χ4n) is 2.26. The normalized spacial score (nSPS) is 12.7. The van der Waals surface area contributed by atoms with Crippen LogP contribution in [0, 0.1) is 13.8 Å². The zero-order valence-corrected chi connectivity index (χ0v) is 11.1. The van der Waals surface area contributed by atoms with Gasteiger partial charge in [-0.05, 0) is 38.0 Å². The van der Waals surface area contributed by atoms with Gasteiger partial charge < -0.3 is 0 Å². The summed E-state index contributed by atoms with van der Waals surface area (Å²) in [6.45, 7) is 7.11. The predicted molar refractivity (Wildman–Crippen MR) is 73.0 cm³/mol. The average molecular weight is 244 g/mol. The van der Waals surface area contributed by atoms with Gasteiger partial charge in [0.25, 0.3) is 0 Å². The number of hydrogen-bond acceptors (Lipinski definition) is 3. The number of benzene rings is 1. The second kappa shape index (κ2) is 5.33. The molecule has 0 aliphatic rings. The number of rotatable bonds is 4. The lowest BCUT2D eigenvalue weighted by molar-refractivity contribution is 0.542. The van der Waals surface area contributed by atoms with Crippen molar-refractivity contribution in [2.24, 2.45) is 5.84 Å². The zero-order chi connectivity index (χ0) is 13.1. The van der Waals surface area contributed by atoms with Gasteiger partial charge in [-0.2, -0.15) is 5.10 Å². The molecule has 96 valence electrons. The maximum Gasteiger partial charge on any atom is 0.0880 e. The SMILES string of the molecule is CCn1nccc1C(NN)c1cc(C)ccc1C. The van der Waals surface area contributed by atoms with E-state index in [1.165, 1.54) is 16.7 Å². The third kappa shape index (κ3) is 2.30. The summed E-state index contributed by atoms with van der Waals surface area (Å²) in [5.41, 5.74) is 7.66. The van der Waals surface area contributed by atoms with Crippen LogP contribution >= 0.6 is 0 Å². The van der Waals surface area contributed by atoms with Crippen LogP contribution in [-0.4, -0.2) is 9.78 Å². The van der Waals surface area contributed by atoms with Crippen molar-refractivity contribution in [1.82, 2.24) is 15.2 Å². The molecule has 18 heavy (non-hydrogen) atoms. The highest BCUT2D eigenvalue weighted by atomic mass is 15.3. The monoisotopic (exact) mass is 244 g/mol. The minimum absolute atomic E-state index is 0.0210. The van der Waals surface area contributed by atoms with E-state index in [2.05, 4.69) is 49.5 Å². The Labute approximate surface area is 108 Å². The van der Waals surface area contributed by atoms with Crippen LogP contribution in [0.15, 0.2) is 30.5 Å². The Bertz CT molecular complexity index is 530. The molecule has 0 saturated carbocycles. The largest absolute Gasteiger partial charge is 0.271 e. The molecular formula is C14H20N4. The first kappa shape index (κ1) is 12.8. The van der Waals surface area contributed by atoms with Gasteiger partial charge in [-0.3, -0.25) is 10.5 Å². The van der Waals surface area contributed by atoms with E-state index in [4.69, 9.17) is 5.84 Å². The summed E-state index contributed by atoms with van der Waals surface area (Å²) in [7, 11) is 0. The third-order valence-corrected chi connectivity index (χ3v) is 3.26. The van der Waals surface area contributed by atoms with Crippen LogP contribution in [-0.2, 0) is 6.54 Å². The van der Waals surface area contributed by atoms with Gasteiger partial charge in [0.15, 0.2) is 0 Å². The lowest BCUT2D eigenvalue weighted by Gasteiger charge is -2.20. The Morgan fingerprint density at radius 2 is 2.11 bits per heavy atom. The minimum Gasteiger partial charge on any atom is -0.271 e. The van der Waals surface area contributed by atoms with Gasteiger partial charge in [0.1, 0.15) is 0 Å². The summed E-state index contributed by atoms with van der Waals surface area (Å²) in [6.07, 6.45) is 1.81. The van der Waals surface area contributed by atoms with Crippen molar-refractivity contribution in [3.63, 3.8) is 0 Å².